The van der Waals surface area contributed by atoms with E-state index in [1.807, 2.05) is 54.6 Å². The number of aromatic nitrogens is 1. The predicted molar refractivity (Wildman–Crippen MR) is 102 cm³/mol. The Hall–Kier alpha value is -1.98. The van der Waals surface area contributed by atoms with Gasteiger partial charge in [0.15, 0.2) is 11.6 Å². The molecule has 0 amide bonds. The zero-order valence-electron chi connectivity index (χ0n) is 12.8. The molecule has 2 aromatic carbocycles. The number of rotatable bonds is 5. The Balaban J connectivity index is 1.71. The van der Waals surface area contributed by atoms with E-state index in [1.54, 1.807) is 0 Å². The van der Waals surface area contributed by atoms with Gasteiger partial charge in [-0.1, -0.05) is 46.3 Å². The Morgan fingerprint density at radius 3 is 2.46 bits per heavy atom. The van der Waals surface area contributed by atoms with Crippen molar-refractivity contribution in [1.29, 1.82) is 0 Å². The van der Waals surface area contributed by atoms with E-state index in [0.717, 1.165) is 38.4 Å². The van der Waals surface area contributed by atoms with Crippen LogP contribution in [-0.4, -0.2) is 10.8 Å². The highest BCUT2D eigenvalue weighted by molar-refractivity contribution is 9.10. The summed E-state index contributed by atoms with van der Waals surface area (Å²) in [4.78, 5) is 18.1. The lowest BCUT2D eigenvalue weighted by atomic mass is 10.2. The minimum absolute atomic E-state index is 0.180. The van der Waals surface area contributed by atoms with Crippen LogP contribution in [-0.2, 0) is 0 Å². The number of hydrogen-bond donors (Lipinski definition) is 1. The molecule has 1 aliphatic rings. The molecule has 0 radical (unpaired) electrons. The molecule has 1 N–H and O–H groups in total. The van der Waals surface area contributed by atoms with Crippen molar-refractivity contribution in [2.24, 2.45) is 5.92 Å². The van der Waals surface area contributed by atoms with Gasteiger partial charge < -0.3 is 5.32 Å². The van der Waals surface area contributed by atoms with Crippen molar-refractivity contribution in [1.82, 2.24) is 4.98 Å². The number of benzene rings is 2. The Bertz CT molecular complexity index is 870. The van der Waals surface area contributed by atoms with E-state index < -0.39 is 0 Å². The normalized spacial score (nSPS) is 13.7. The molecule has 5 heteroatoms. The van der Waals surface area contributed by atoms with Gasteiger partial charge >= 0.3 is 0 Å². The second-order valence-corrected chi connectivity index (χ2v) is 7.75. The fraction of sp³-hybridized carbons (Fsp3) is 0.158. The van der Waals surface area contributed by atoms with Gasteiger partial charge in [-0.25, -0.2) is 4.98 Å². The number of anilines is 2. The predicted octanol–water partition coefficient (Wildman–Crippen LogP) is 5.91. The van der Waals surface area contributed by atoms with Crippen molar-refractivity contribution in [3.8, 4) is 10.6 Å². The van der Waals surface area contributed by atoms with Gasteiger partial charge in [0.25, 0.3) is 0 Å². The zero-order chi connectivity index (χ0) is 16.5. The van der Waals surface area contributed by atoms with Crippen molar-refractivity contribution >= 4 is 44.6 Å². The summed E-state index contributed by atoms with van der Waals surface area (Å²) in [6.45, 7) is 0. The molecular formula is C19H15BrN2OS. The lowest BCUT2D eigenvalue weighted by Crippen LogP contribution is -2.03. The lowest BCUT2D eigenvalue weighted by molar-refractivity contribution is 0.0972. The molecule has 0 bridgehead atoms. The number of carbonyl (C=O) groups is 1. The number of Topliss-reactive ketones (excluding diaryl/α,β-unsaturated/α-hetero) is 1. The van der Waals surface area contributed by atoms with Crippen LogP contribution >= 0.6 is 27.3 Å². The highest BCUT2D eigenvalue weighted by atomic mass is 79.9. The maximum atomic E-state index is 12.6. The maximum absolute atomic E-state index is 12.6. The smallest absolute Gasteiger partial charge is 0.179 e. The summed E-state index contributed by atoms with van der Waals surface area (Å²) in [5.41, 5.74) is 1.96. The molecule has 4 rings (SSSR count). The number of nitrogens with one attached hydrogen (secondary N) is 1. The summed E-state index contributed by atoms with van der Waals surface area (Å²) in [7, 11) is 0. The Morgan fingerprint density at radius 1 is 1.08 bits per heavy atom. The Morgan fingerprint density at radius 2 is 1.79 bits per heavy atom. The molecule has 1 aromatic heterocycles. The molecule has 3 aromatic rings. The first-order valence-electron chi connectivity index (χ1n) is 7.84. The average molecular weight is 399 g/mol. The highest BCUT2D eigenvalue weighted by Gasteiger charge is 2.34. The molecule has 0 spiro atoms. The highest BCUT2D eigenvalue weighted by Crippen LogP contribution is 2.39. The third-order valence-electron chi connectivity index (χ3n) is 3.93. The summed E-state index contributed by atoms with van der Waals surface area (Å²) in [6, 6.07) is 17.9. The van der Waals surface area contributed by atoms with Crippen LogP contribution in [0.2, 0.25) is 0 Å². The molecule has 3 nitrogen and oxygen atoms in total. The topological polar surface area (TPSA) is 42.0 Å². The van der Waals surface area contributed by atoms with Crippen LogP contribution in [0.3, 0.4) is 0 Å². The second kappa shape index (κ2) is 6.49. The number of hydrogen-bond acceptors (Lipinski definition) is 4. The lowest BCUT2D eigenvalue weighted by Gasteiger charge is -2.05. The molecule has 1 fully saturated rings. The van der Waals surface area contributed by atoms with E-state index in [-0.39, 0.29) is 11.7 Å². The van der Waals surface area contributed by atoms with Gasteiger partial charge in [-0.15, -0.1) is 11.3 Å². The summed E-state index contributed by atoms with van der Waals surface area (Å²) in [6.07, 6.45) is 1.99. The number of carbonyl (C=O) groups excluding carboxylic acids is 1. The maximum Gasteiger partial charge on any atom is 0.179 e. The number of thiazole rings is 1. The summed E-state index contributed by atoms with van der Waals surface area (Å²) in [5.74, 6) is 1.06. The molecule has 0 saturated heterocycles. The Kier molecular flexibility index (Phi) is 4.21. The largest absolute Gasteiger partial charge is 0.339 e. The van der Waals surface area contributed by atoms with E-state index in [0.29, 0.717) is 5.82 Å². The van der Waals surface area contributed by atoms with Gasteiger partial charge in [-0.2, -0.15) is 0 Å². The minimum Gasteiger partial charge on any atom is -0.339 e. The SMILES string of the molecule is O=C(c1sc(-c2ccccc2)nc1Nc1ccc(Br)cc1)C1CC1. The van der Waals surface area contributed by atoms with Gasteiger partial charge in [0.2, 0.25) is 0 Å². The van der Waals surface area contributed by atoms with Crippen molar-refractivity contribution < 1.29 is 4.79 Å². The van der Waals surface area contributed by atoms with Crippen LogP contribution in [0.25, 0.3) is 10.6 Å². The van der Waals surface area contributed by atoms with E-state index in [2.05, 4.69) is 21.2 Å². The number of ketones is 1. The van der Waals surface area contributed by atoms with Crippen molar-refractivity contribution in [2.45, 2.75) is 12.8 Å². The van der Waals surface area contributed by atoms with Crippen LogP contribution in [0.1, 0.15) is 22.5 Å². The van der Waals surface area contributed by atoms with Crippen molar-refractivity contribution in [3.63, 3.8) is 0 Å². The molecule has 1 aliphatic carbocycles. The monoisotopic (exact) mass is 398 g/mol. The van der Waals surface area contributed by atoms with Crippen LogP contribution in [0.15, 0.2) is 59.1 Å². The van der Waals surface area contributed by atoms with Crippen LogP contribution in [0.4, 0.5) is 11.5 Å². The summed E-state index contributed by atoms with van der Waals surface area (Å²) >= 11 is 4.91. The minimum atomic E-state index is 0.180. The van der Waals surface area contributed by atoms with E-state index in [4.69, 9.17) is 4.98 Å². The first-order valence-corrected chi connectivity index (χ1v) is 9.45. The van der Waals surface area contributed by atoms with Crippen molar-refractivity contribution in [2.75, 3.05) is 5.32 Å². The van der Waals surface area contributed by atoms with Crippen LogP contribution in [0.5, 0.6) is 0 Å². The number of nitrogens with zero attached hydrogens (tertiary/aromatic N) is 1. The second-order valence-electron chi connectivity index (χ2n) is 5.83. The average Bonchev–Trinajstić information content (AvgIpc) is 3.38. The first-order chi connectivity index (χ1) is 11.7. The van der Waals surface area contributed by atoms with E-state index in [9.17, 15) is 4.79 Å². The molecule has 0 aliphatic heterocycles. The fourth-order valence-electron chi connectivity index (χ4n) is 2.48. The third-order valence-corrected chi connectivity index (χ3v) is 5.57. The Labute approximate surface area is 152 Å². The molecule has 0 atom stereocenters. The quantitative estimate of drug-likeness (QED) is 0.543. The van der Waals surface area contributed by atoms with Gasteiger partial charge in [0.05, 0.1) is 0 Å². The van der Waals surface area contributed by atoms with Gasteiger partial charge in [-0.05, 0) is 37.1 Å². The van der Waals surface area contributed by atoms with Crippen molar-refractivity contribution in [3.05, 3.63) is 63.9 Å². The zero-order valence-corrected chi connectivity index (χ0v) is 15.2. The molecule has 120 valence electrons. The van der Waals surface area contributed by atoms with Gasteiger partial charge in [0, 0.05) is 21.6 Å². The molecular weight excluding hydrogens is 384 g/mol. The third kappa shape index (κ3) is 3.28. The van der Waals surface area contributed by atoms with Crippen LogP contribution in [0, 0.1) is 5.92 Å². The molecule has 1 heterocycles. The molecule has 1 saturated carbocycles. The summed E-state index contributed by atoms with van der Waals surface area (Å²) in [5, 5.41) is 4.19. The molecule has 0 unspecified atom stereocenters. The number of halogens is 1. The first kappa shape index (κ1) is 15.5. The summed E-state index contributed by atoms with van der Waals surface area (Å²) < 4.78 is 1.02. The molecule has 24 heavy (non-hydrogen) atoms. The fourth-order valence-corrected chi connectivity index (χ4v) is 3.79. The van der Waals surface area contributed by atoms with Crippen LogP contribution < -0.4 is 5.32 Å². The van der Waals surface area contributed by atoms with E-state index >= 15 is 0 Å². The standard InChI is InChI=1S/C19H15BrN2OS/c20-14-8-10-15(11-9-14)21-18-17(16(23)12-6-7-12)24-19(22-18)13-4-2-1-3-5-13/h1-5,8-12,21H,6-7H2. The van der Waals surface area contributed by atoms with Gasteiger partial charge in [-0.3, -0.25) is 4.79 Å². The van der Waals surface area contributed by atoms with E-state index in [1.165, 1.54) is 11.3 Å². The van der Waals surface area contributed by atoms with Gasteiger partial charge in [0.1, 0.15) is 9.88 Å².